The minimum absolute atomic E-state index is 0.00900. The molecule has 0 bridgehead atoms. The highest BCUT2D eigenvalue weighted by Gasteiger charge is 2.25. The molecule has 3 aromatic heterocycles. The summed E-state index contributed by atoms with van der Waals surface area (Å²) in [5.74, 6) is 1.32. The van der Waals surface area contributed by atoms with Crippen LogP contribution in [0.4, 0.5) is 5.82 Å². The zero-order valence-electron chi connectivity index (χ0n) is 16.6. The second-order valence-corrected chi connectivity index (χ2v) is 6.28. The molecule has 0 spiro atoms. The fourth-order valence-corrected chi connectivity index (χ4v) is 2.81. The van der Waals surface area contributed by atoms with Gasteiger partial charge in [0.2, 0.25) is 11.6 Å². The molecule has 12 nitrogen and oxygen atoms in total. The number of ether oxygens (including phenoxy) is 1. The molecular weight excluding hydrogens is 404 g/mol. The summed E-state index contributed by atoms with van der Waals surface area (Å²) >= 11 is 0. The van der Waals surface area contributed by atoms with Crippen molar-refractivity contribution in [2.75, 3.05) is 12.3 Å². The van der Waals surface area contributed by atoms with Crippen LogP contribution >= 0.6 is 0 Å². The Labute approximate surface area is 175 Å². The largest absolute Gasteiger partial charge is 0.494 e. The lowest BCUT2D eigenvalue weighted by atomic mass is 10.1. The lowest BCUT2D eigenvalue weighted by molar-refractivity contribution is 0.0950. The number of nitrogens with one attached hydrogen (secondary N) is 1. The summed E-state index contributed by atoms with van der Waals surface area (Å²) in [6.07, 6.45) is 1.38. The summed E-state index contributed by atoms with van der Waals surface area (Å²) in [6.45, 7) is 4.16. The fraction of sp³-hybridized carbons (Fsp3) is 0.158. The number of nitrogens with two attached hydrogens (primary N) is 1. The first-order valence-electron chi connectivity index (χ1n) is 9.24. The van der Waals surface area contributed by atoms with Crippen molar-refractivity contribution < 1.29 is 18.6 Å². The summed E-state index contributed by atoms with van der Waals surface area (Å²) < 4.78 is 16.9. The number of nitrogens with zero attached hydrogens (tertiary/aromatic N) is 6. The summed E-state index contributed by atoms with van der Waals surface area (Å²) in [5, 5.41) is 19.2. The maximum atomic E-state index is 12.8. The number of aryl methyl sites for hydroxylation is 1. The van der Waals surface area contributed by atoms with E-state index < -0.39 is 5.91 Å². The van der Waals surface area contributed by atoms with Crippen molar-refractivity contribution >= 4 is 17.9 Å². The standard InChI is InChI=1S/C19H18N8O4/c1-3-29-13-6-4-5-12(9-13)16-15(22-26-27(16)18-17(20)24-31-25-18)19(28)23-21-10-14-8-7-11(2)30-14/h4-10H,3H2,1-2H3,(H2,20,24)(H,23,28)/b21-10-. The van der Waals surface area contributed by atoms with Crippen molar-refractivity contribution in [1.82, 2.24) is 30.7 Å². The van der Waals surface area contributed by atoms with Crippen molar-refractivity contribution in [3.05, 3.63) is 53.6 Å². The number of furan rings is 1. The van der Waals surface area contributed by atoms with Gasteiger partial charge in [-0.05, 0) is 48.4 Å². The van der Waals surface area contributed by atoms with Gasteiger partial charge in [0.15, 0.2) is 5.69 Å². The van der Waals surface area contributed by atoms with E-state index in [2.05, 4.69) is 35.8 Å². The highest BCUT2D eigenvalue weighted by atomic mass is 16.6. The van der Waals surface area contributed by atoms with Crippen LogP contribution in [0.2, 0.25) is 0 Å². The first-order chi connectivity index (χ1) is 15.1. The average molecular weight is 422 g/mol. The number of hydrogen-bond donors (Lipinski definition) is 2. The van der Waals surface area contributed by atoms with Gasteiger partial charge in [-0.25, -0.2) is 10.1 Å². The number of nitrogen functional groups attached to an aromatic ring is 1. The normalized spacial score (nSPS) is 11.2. The summed E-state index contributed by atoms with van der Waals surface area (Å²) in [7, 11) is 0. The highest BCUT2D eigenvalue weighted by molar-refractivity contribution is 5.98. The number of amides is 1. The van der Waals surface area contributed by atoms with Crippen molar-refractivity contribution in [1.29, 1.82) is 0 Å². The van der Waals surface area contributed by atoms with Gasteiger partial charge in [0.1, 0.15) is 23.0 Å². The second-order valence-electron chi connectivity index (χ2n) is 6.28. The summed E-state index contributed by atoms with van der Waals surface area (Å²) in [5.41, 5.74) is 9.12. The predicted molar refractivity (Wildman–Crippen MR) is 109 cm³/mol. The highest BCUT2D eigenvalue weighted by Crippen LogP contribution is 2.29. The minimum Gasteiger partial charge on any atom is -0.494 e. The lowest BCUT2D eigenvalue weighted by Gasteiger charge is -2.08. The molecule has 0 saturated carbocycles. The number of carbonyl (C=O) groups is 1. The van der Waals surface area contributed by atoms with Gasteiger partial charge in [0.25, 0.3) is 5.91 Å². The third-order valence-corrected chi connectivity index (χ3v) is 4.12. The van der Waals surface area contributed by atoms with Gasteiger partial charge >= 0.3 is 0 Å². The van der Waals surface area contributed by atoms with Gasteiger partial charge in [-0.3, -0.25) is 4.79 Å². The number of hydrazone groups is 1. The molecule has 0 aliphatic heterocycles. The maximum Gasteiger partial charge on any atom is 0.294 e. The van der Waals surface area contributed by atoms with Gasteiger partial charge in [-0.15, -0.1) is 5.10 Å². The van der Waals surface area contributed by atoms with E-state index in [0.29, 0.717) is 29.4 Å². The number of rotatable bonds is 7. The Hall–Kier alpha value is -4.48. The van der Waals surface area contributed by atoms with E-state index in [0.717, 1.165) is 5.76 Å². The van der Waals surface area contributed by atoms with Crippen LogP contribution in [0.25, 0.3) is 17.1 Å². The average Bonchev–Trinajstić information content (AvgIpc) is 3.48. The third kappa shape index (κ3) is 4.12. The number of benzene rings is 1. The van der Waals surface area contributed by atoms with E-state index in [1.807, 2.05) is 6.92 Å². The molecule has 0 fully saturated rings. The van der Waals surface area contributed by atoms with Crippen molar-refractivity contribution in [2.24, 2.45) is 5.10 Å². The quantitative estimate of drug-likeness (QED) is 0.335. The molecule has 0 radical (unpaired) electrons. The first-order valence-corrected chi connectivity index (χ1v) is 9.24. The van der Waals surface area contributed by atoms with E-state index in [1.54, 1.807) is 43.3 Å². The van der Waals surface area contributed by atoms with Crippen LogP contribution in [0.1, 0.15) is 28.9 Å². The molecular formula is C19H18N8O4. The zero-order chi connectivity index (χ0) is 21.8. The molecule has 0 aliphatic rings. The Morgan fingerprint density at radius 1 is 1.32 bits per heavy atom. The van der Waals surface area contributed by atoms with Crippen molar-refractivity contribution in [2.45, 2.75) is 13.8 Å². The molecule has 3 heterocycles. The van der Waals surface area contributed by atoms with Gasteiger partial charge in [-0.1, -0.05) is 17.3 Å². The van der Waals surface area contributed by atoms with Crippen LogP contribution in [0.15, 0.2) is 50.5 Å². The van der Waals surface area contributed by atoms with E-state index >= 15 is 0 Å². The molecule has 4 rings (SSSR count). The van der Waals surface area contributed by atoms with Crippen LogP contribution in [-0.2, 0) is 0 Å². The SMILES string of the molecule is CCOc1cccc(-c2c(C(=O)N/N=C\c3ccc(C)o3)nnn2-c2nonc2N)c1. The van der Waals surface area contributed by atoms with Crippen molar-refractivity contribution in [3.63, 3.8) is 0 Å². The maximum absolute atomic E-state index is 12.8. The van der Waals surface area contributed by atoms with Gasteiger partial charge in [-0.2, -0.15) is 9.78 Å². The fourth-order valence-electron chi connectivity index (χ4n) is 2.81. The van der Waals surface area contributed by atoms with Gasteiger partial charge in [0.05, 0.1) is 12.8 Å². The molecule has 0 atom stereocenters. The molecule has 0 unspecified atom stereocenters. The summed E-state index contributed by atoms with van der Waals surface area (Å²) in [6, 6.07) is 10.6. The van der Waals surface area contributed by atoms with Crippen molar-refractivity contribution in [3.8, 4) is 22.8 Å². The molecule has 1 aromatic carbocycles. The zero-order valence-corrected chi connectivity index (χ0v) is 16.6. The Balaban J connectivity index is 1.71. The smallest absolute Gasteiger partial charge is 0.294 e. The number of anilines is 1. The molecule has 0 aliphatic carbocycles. The molecule has 158 valence electrons. The number of aromatic nitrogens is 5. The molecule has 12 heteroatoms. The van der Waals surface area contributed by atoms with Crippen LogP contribution in [0.5, 0.6) is 5.75 Å². The summed E-state index contributed by atoms with van der Waals surface area (Å²) in [4.78, 5) is 12.8. The van der Waals surface area contributed by atoms with Crippen LogP contribution in [0.3, 0.4) is 0 Å². The predicted octanol–water partition coefficient (Wildman–Crippen LogP) is 1.96. The van der Waals surface area contributed by atoms with E-state index in [4.69, 9.17) is 14.9 Å². The van der Waals surface area contributed by atoms with E-state index in [9.17, 15) is 4.79 Å². The Bertz CT molecular complexity index is 1240. The molecule has 3 N–H and O–H groups in total. The van der Waals surface area contributed by atoms with Crippen LogP contribution < -0.4 is 15.9 Å². The van der Waals surface area contributed by atoms with E-state index in [-0.39, 0.29) is 17.3 Å². The van der Waals surface area contributed by atoms with Gasteiger partial charge in [0, 0.05) is 5.56 Å². The topological polar surface area (TPSA) is 159 Å². The Morgan fingerprint density at radius 3 is 2.90 bits per heavy atom. The Morgan fingerprint density at radius 2 is 2.19 bits per heavy atom. The molecule has 1 amide bonds. The second kappa shape index (κ2) is 8.49. The Kier molecular flexibility index (Phi) is 5.43. The number of carbonyl (C=O) groups excluding carboxylic acids is 1. The lowest BCUT2D eigenvalue weighted by Crippen LogP contribution is -2.19. The van der Waals surface area contributed by atoms with Crippen LogP contribution in [-0.4, -0.2) is 44.0 Å². The first kappa shape index (κ1) is 19.8. The van der Waals surface area contributed by atoms with Crippen LogP contribution in [0, 0.1) is 6.92 Å². The minimum atomic E-state index is -0.599. The molecule has 4 aromatic rings. The molecule has 0 saturated heterocycles. The third-order valence-electron chi connectivity index (χ3n) is 4.12. The molecule has 31 heavy (non-hydrogen) atoms. The number of hydrogen-bond acceptors (Lipinski definition) is 10. The van der Waals surface area contributed by atoms with Gasteiger partial charge < -0.3 is 14.9 Å². The van der Waals surface area contributed by atoms with E-state index in [1.165, 1.54) is 10.9 Å². The monoisotopic (exact) mass is 422 g/mol.